The normalized spacial score (nSPS) is 22.5. The van der Waals surface area contributed by atoms with Gasteiger partial charge in [0, 0.05) is 19.1 Å². The van der Waals surface area contributed by atoms with Gasteiger partial charge in [-0.25, -0.2) is 0 Å². The molecule has 0 amide bonds. The maximum absolute atomic E-state index is 5.32. The second-order valence-corrected chi connectivity index (χ2v) is 3.35. The summed E-state index contributed by atoms with van der Waals surface area (Å²) in [5, 5.41) is 0. The zero-order valence-corrected chi connectivity index (χ0v) is 8.09. The van der Waals surface area contributed by atoms with Crippen molar-refractivity contribution in [3.63, 3.8) is 0 Å². The fourth-order valence-electron chi connectivity index (χ4n) is 1.82. The monoisotopic (exact) mass is 170 g/mol. The van der Waals surface area contributed by atoms with E-state index in [1.54, 1.807) is 0 Å². The van der Waals surface area contributed by atoms with Crippen LogP contribution in [-0.4, -0.2) is 37.2 Å². The van der Waals surface area contributed by atoms with Crippen molar-refractivity contribution in [1.29, 1.82) is 0 Å². The largest absolute Gasteiger partial charge is 0.379 e. The minimum atomic E-state index is 0.742. The number of hydrogen-bond donors (Lipinski definition) is 0. The van der Waals surface area contributed by atoms with Crippen molar-refractivity contribution < 1.29 is 4.74 Å². The molecule has 1 aliphatic heterocycles. The fourth-order valence-corrected chi connectivity index (χ4v) is 1.82. The molecule has 0 aromatic rings. The number of nitrogens with zero attached hydrogens (tertiary/aromatic N) is 1. The zero-order valence-electron chi connectivity index (χ0n) is 8.09. The van der Waals surface area contributed by atoms with Gasteiger partial charge in [0.15, 0.2) is 0 Å². The summed E-state index contributed by atoms with van der Waals surface area (Å²) in [6.07, 6.45) is 3.53. The molecule has 0 saturated carbocycles. The minimum Gasteiger partial charge on any atom is -0.379 e. The zero-order chi connectivity index (χ0) is 8.81. The summed E-state index contributed by atoms with van der Waals surface area (Å²) in [7, 11) is 0. The lowest BCUT2D eigenvalue weighted by Crippen LogP contribution is -2.43. The van der Waals surface area contributed by atoms with Crippen molar-refractivity contribution in [1.82, 2.24) is 4.90 Å². The Bertz CT molecular complexity index is 108. The standard InChI is InChI=1S/C10H20NO/c1-3-5-10(4-2)11-6-8-12-9-7-11/h10H,1,3-9H2,2H3. The van der Waals surface area contributed by atoms with Crippen molar-refractivity contribution >= 4 is 0 Å². The van der Waals surface area contributed by atoms with E-state index in [0.717, 1.165) is 38.8 Å². The third-order valence-electron chi connectivity index (χ3n) is 2.57. The van der Waals surface area contributed by atoms with E-state index in [9.17, 15) is 0 Å². The Morgan fingerprint density at radius 2 is 2.08 bits per heavy atom. The van der Waals surface area contributed by atoms with Crippen LogP contribution in [0, 0.1) is 6.92 Å². The molecule has 0 aliphatic carbocycles. The Morgan fingerprint density at radius 1 is 1.42 bits per heavy atom. The van der Waals surface area contributed by atoms with E-state index in [1.807, 2.05) is 0 Å². The van der Waals surface area contributed by atoms with Crippen molar-refractivity contribution in [3.05, 3.63) is 6.92 Å². The van der Waals surface area contributed by atoms with Gasteiger partial charge in [0.25, 0.3) is 0 Å². The lowest BCUT2D eigenvalue weighted by Gasteiger charge is -2.33. The van der Waals surface area contributed by atoms with E-state index < -0.39 is 0 Å². The molecule has 71 valence electrons. The third-order valence-corrected chi connectivity index (χ3v) is 2.57. The van der Waals surface area contributed by atoms with Crippen LogP contribution in [0.1, 0.15) is 26.2 Å². The number of rotatable bonds is 4. The molecular weight excluding hydrogens is 150 g/mol. The Labute approximate surface area is 75.9 Å². The first-order chi connectivity index (χ1) is 5.88. The molecule has 0 aromatic heterocycles. The maximum Gasteiger partial charge on any atom is 0.0594 e. The highest BCUT2D eigenvalue weighted by Crippen LogP contribution is 2.12. The van der Waals surface area contributed by atoms with Crippen LogP contribution in [0.4, 0.5) is 0 Å². The molecule has 1 saturated heterocycles. The highest BCUT2D eigenvalue weighted by atomic mass is 16.5. The van der Waals surface area contributed by atoms with Crippen LogP contribution < -0.4 is 0 Å². The highest BCUT2D eigenvalue weighted by molar-refractivity contribution is 4.72. The Balaban J connectivity index is 2.29. The summed E-state index contributed by atoms with van der Waals surface area (Å²) in [4.78, 5) is 2.54. The van der Waals surface area contributed by atoms with E-state index in [1.165, 1.54) is 12.8 Å². The van der Waals surface area contributed by atoms with Gasteiger partial charge in [-0.3, -0.25) is 4.90 Å². The molecule has 12 heavy (non-hydrogen) atoms. The SMILES string of the molecule is [CH2]CCC(CC)N1CCOCC1. The van der Waals surface area contributed by atoms with Gasteiger partial charge in [-0.2, -0.15) is 0 Å². The van der Waals surface area contributed by atoms with Crippen LogP contribution in [0.2, 0.25) is 0 Å². The first kappa shape index (κ1) is 10.0. The fraction of sp³-hybridized carbons (Fsp3) is 0.900. The molecule has 1 fully saturated rings. The number of morpholine rings is 1. The van der Waals surface area contributed by atoms with E-state index in [0.29, 0.717) is 0 Å². The number of hydrogen-bond acceptors (Lipinski definition) is 2. The van der Waals surface area contributed by atoms with Gasteiger partial charge in [0.2, 0.25) is 0 Å². The average Bonchev–Trinajstić information content (AvgIpc) is 2.15. The lowest BCUT2D eigenvalue weighted by atomic mass is 10.1. The molecule has 2 heteroatoms. The minimum absolute atomic E-state index is 0.742. The molecule has 2 nitrogen and oxygen atoms in total. The molecule has 1 radical (unpaired) electrons. The molecule has 1 rings (SSSR count). The molecule has 0 aromatic carbocycles. The molecule has 1 unspecified atom stereocenters. The first-order valence-corrected chi connectivity index (χ1v) is 4.99. The molecule has 0 spiro atoms. The Hall–Kier alpha value is -0.0800. The van der Waals surface area contributed by atoms with Gasteiger partial charge in [-0.15, -0.1) is 0 Å². The molecule has 1 aliphatic rings. The maximum atomic E-state index is 5.32. The van der Waals surface area contributed by atoms with Gasteiger partial charge < -0.3 is 4.74 Å². The lowest BCUT2D eigenvalue weighted by molar-refractivity contribution is 0.0141. The molecule has 0 N–H and O–H groups in total. The van der Waals surface area contributed by atoms with Crippen LogP contribution in [0.25, 0.3) is 0 Å². The molecule has 1 heterocycles. The summed E-state index contributed by atoms with van der Waals surface area (Å²) in [5.41, 5.74) is 0. The third kappa shape index (κ3) is 2.76. The van der Waals surface area contributed by atoms with E-state index in [4.69, 9.17) is 4.74 Å². The predicted molar refractivity (Wildman–Crippen MR) is 51.1 cm³/mol. The average molecular weight is 170 g/mol. The van der Waals surface area contributed by atoms with Gasteiger partial charge in [-0.1, -0.05) is 20.3 Å². The second kappa shape index (κ2) is 5.55. The van der Waals surface area contributed by atoms with Gasteiger partial charge in [0.05, 0.1) is 13.2 Å². The summed E-state index contributed by atoms with van der Waals surface area (Å²) in [6.45, 7) is 10.2. The smallest absolute Gasteiger partial charge is 0.0594 e. The first-order valence-electron chi connectivity index (χ1n) is 4.99. The van der Waals surface area contributed by atoms with E-state index in [-0.39, 0.29) is 0 Å². The van der Waals surface area contributed by atoms with E-state index >= 15 is 0 Å². The Kier molecular flexibility index (Phi) is 4.62. The van der Waals surface area contributed by atoms with E-state index in [2.05, 4.69) is 18.7 Å². The van der Waals surface area contributed by atoms with Crippen LogP contribution in [0.5, 0.6) is 0 Å². The topological polar surface area (TPSA) is 12.5 Å². The van der Waals surface area contributed by atoms with Gasteiger partial charge in [0.1, 0.15) is 0 Å². The molecule has 1 atom stereocenters. The molecular formula is C10H20NO. The van der Waals surface area contributed by atoms with Crippen LogP contribution >= 0.6 is 0 Å². The van der Waals surface area contributed by atoms with Crippen LogP contribution in [-0.2, 0) is 4.74 Å². The quantitative estimate of drug-likeness (QED) is 0.637. The van der Waals surface area contributed by atoms with Crippen molar-refractivity contribution in [2.24, 2.45) is 0 Å². The van der Waals surface area contributed by atoms with Crippen LogP contribution in [0.3, 0.4) is 0 Å². The summed E-state index contributed by atoms with van der Waals surface area (Å²) in [6, 6.07) is 0.742. The summed E-state index contributed by atoms with van der Waals surface area (Å²) in [5.74, 6) is 0. The Morgan fingerprint density at radius 3 is 2.58 bits per heavy atom. The van der Waals surface area contributed by atoms with Gasteiger partial charge in [-0.05, 0) is 12.8 Å². The second-order valence-electron chi connectivity index (χ2n) is 3.35. The van der Waals surface area contributed by atoms with Crippen molar-refractivity contribution in [2.45, 2.75) is 32.2 Å². The van der Waals surface area contributed by atoms with Crippen molar-refractivity contribution in [2.75, 3.05) is 26.3 Å². The number of ether oxygens (including phenoxy) is 1. The predicted octanol–water partition coefficient (Wildman–Crippen LogP) is 1.71. The van der Waals surface area contributed by atoms with Crippen LogP contribution in [0.15, 0.2) is 0 Å². The summed E-state index contributed by atoms with van der Waals surface area (Å²) < 4.78 is 5.32. The summed E-state index contributed by atoms with van der Waals surface area (Å²) >= 11 is 0. The molecule has 0 bridgehead atoms. The van der Waals surface area contributed by atoms with Gasteiger partial charge >= 0.3 is 0 Å². The van der Waals surface area contributed by atoms with Crippen molar-refractivity contribution in [3.8, 4) is 0 Å². The highest BCUT2D eigenvalue weighted by Gasteiger charge is 2.17.